The van der Waals surface area contributed by atoms with Gasteiger partial charge in [-0.15, -0.1) is 0 Å². The summed E-state index contributed by atoms with van der Waals surface area (Å²) in [4.78, 5) is 43.1. The number of nitrogens with one attached hydrogen (secondary N) is 1. The molecule has 0 radical (unpaired) electrons. The van der Waals surface area contributed by atoms with Crippen LogP contribution in [-0.2, 0) is 22.6 Å². The van der Waals surface area contributed by atoms with Gasteiger partial charge in [0.15, 0.2) is 5.82 Å². The fourth-order valence-corrected chi connectivity index (χ4v) is 3.74. The summed E-state index contributed by atoms with van der Waals surface area (Å²) >= 11 is 1.56. The quantitative estimate of drug-likeness (QED) is 0.731. The number of fused-ring (bicyclic) bond motifs is 1. The van der Waals surface area contributed by atoms with Gasteiger partial charge in [-0.3, -0.25) is 9.36 Å². The number of piperazine rings is 1. The second-order valence-electron chi connectivity index (χ2n) is 6.30. The van der Waals surface area contributed by atoms with Crippen molar-refractivity contribution >= 4 is 29.1 Å². The Hall–Kier alpha value is -2.98. The molecule has 0 amide bonds. The van der Waals surface area contributed by atoms with Crippen molar-refractivity contribution in [2.24, 2.45) is 0 Å². The number of hydrogen-bond donors (Lipinski definition) is 1. The van der Waals surface area contributed by atoms with E-state index in [0.29, 0.717) is 32.6 Å². The molecule has 2 aromatic heterocycles. The Labute approximate surface area is 164 Å². The van der Waals surface area contributed by atoms with Crippen LogP contribution < -0.4 is 25.2 Å². The summed E-state index contributed by atoms with van der Waals surface area (Å²) in [5.74, 6) is -1.67. The standard InChI is InChI=1S/C18H18N4O5S/c23-13-1-2-14(24)27-18-16(26-13)20-15(21-8-5-19-6-9-21)17(25)22(18)7-3-12-4-10-28-11-12/h1-2,4,10-11,19H,3,5-9H2/b2-1-. The molecule has 1 N–H and O–H groups in total. The number of rotatable bonds is 4. The minimum Gasteiger partial charge on any atom is -0.400 e. The second-order valence-corrected chi connectivity index (χ2v) is 7.08. The summed E-state index contributed by atoms with van der Waals surface area (Å²) in [6.45, 7) is 2.88. The summed E-state index contributed by atoms with van der Waals surface area (Å²) in [5.41, 5.74) is 0.671. The Bertz CT molecular complexity index is 977. The molecule has 1 fully saturated rings. The highest BCUT2D eigenvalue weighted by Gasteiger charge is 2.27. The Morgan fingerprint density at radius 1 is 1.11 bits per heavy atom. The van der Waals surface area contributed by atoms with Crippen molar-refractivity contribution in [3.05, 3.63) is 44.9 Å². The van der Waals surface area contributed by atoms with Gasteiger partial charge in [0.25, 0.3) is 17.3 Å². The number of thiophene rings is 1. The van der Waals surface area contributed by atoms with Gasteiger partial charge < -0.3 is 19.7 Å². The van der Waals surface area contributed by atoms with Gasteiger partial charge in [0.1, 0.15) is 0 Å². The van der Waals surface area contributed by atoms with Crippen molar-refractivity contribution in [2.75, 3.05) is 31.1 Å². The molecule has 1 saturated heterocycles. The second kappa shape index (κ2) is 7.95. The molecule has 2 aromatic rings. The maximum atomic E-state index is 13.2. The lowest BCUT2D eigenvalue weighted by Gasteiger charge is -2.29. The molecule has 28 heavy (non-hydrogen) atoms. The van der Waals surface area contributed by atoms with Crippen LogP contribution in [0.1, 0.15) is 5.56 Å². The van der Waals surface area contributed by atoms with E-state index in [2.05, 4.69) is 10.3 Å². The molecule has 4 heterocycles. The third-order valence-electron chi connectivity index (χ3n) is 4.44. The van der Waals surface area contributed by atoms with Crippen LogP contribution in [0.5, 0.6) is 11.8 Å². The van der Waals surface area contributed by atoms with Gasteiger partial charge >= 0.3 is 11.9 Å². The number of nitrogens with zero attached hydrogens (tertiary/aromatic N) is 3. The molecule has 0 spiro atoms. The lowest BCUT2D eigenvalue weighted by Crippen LogP contribution is -2.46. The molecule has 10 heteroatoms. The van der Waals surface area contributed by atoms with Crippen LogP contribution in [0.15, 0.2) is 33.8 Å². The van der Waals surface area contributed by atoms with Crippen molar-refractivity contribution in [1.29, 1.82) is 0 Å². The molecule has 2 aliphatic heterocycles. The maximum absolute atomic E-state index is 13.2. The van der Waals surface area contributed by atoms with Crippen LogP contribution in [0.25, 0.3) is 0 Å². The Kier molecular flexibility index (Phi) is 5.22. The normalized spacial score (nSPS) is 17.9. The first kappa shape index (κ1) is 18.4. The van der Waals surface area contributed by atoms with E-state index in [-0.39, 0.29) is 29.7 Å². The summed E-state index contributed by atoms with van der Waals surface area (Å²) in [7, 11) is 0. The molecule has 0 saturated carbocycles. The lowest BCUT2D eigenvalue weighted by atomic mass is 10.2. The molecule has 0 aliphatic carbocycles. The van der Waals surface area contributed by atoms with E-state index < -0.39 is 11.9 Å². The molecule has 2 aliphatic rings. The van der Waals surface area contributed by atoms with E-state index in [4.69, 9.17) is 9.47 Å². The van der Waals surface area contributed by atoms with Gasteiger partial charge in [-0.05, 0) is 28.8 Å². The molecular weight excluding hydrogens is 384 g/mol. The summed E-state index contributed by atoms with van der Waals surface area (Å²) in [6.07, 6.45) is 2.49. The predicted molar refractivity (Wildman–Crippen MR) is 102 cm³/mol. The number of aryl methyl sites for hydroxylation is 1. The zero-order valence-electron chi connectivity index (χ0n) is 14.9. The molecular formula is C18H18N4O5S. The van der Waals surface area contributed by atoms with Gasteiger partial charge in [-0.2, -0.15) is 16.3 Å². The SMILES string of the molecule is O=C1/C=C\C(=O)Oc2c(nc(N3CCNCC3)c(=O)n2CCc2ccsc2)O1. The molecule has 9 nitrogen and oxygen atoms in total. The number of hydrogen-bond acceptors (Lipinski definition) is 9. The van der Waals surface area contributed by atoms with Crippen molar-refractivity contribution < 1.29 is 19.1 Å². The van der Waals surface area contributed by atoms with Gasteiger partial charge in [-0.25, -0.2) is 9.59 Å². The highest BCUT2D eigenvalue weighted by molar-refractivity contribution is 7.07. The molecule has 0 atom stereocenters. The highest BCUT2D eigenvalue weighted by Crippen LogP contribution is 2.28. The summed E-state index contributed by atoms with van der Waals surface area (Å²) in [5, 5.41) is 7.16. The van der Waals surface area contributed by atoms with Crippen molar-refractivity contribution in [1.82, 2.24) is 14.9 Å². The third-order valence-corrected chi connectivity index (χ3v) is 5.17. The fourth-order valence-electron chi connectivity index (χ4n) is 3.04. The largest absolute Gasteiger partial charge is 0.400 e. The van der Waals surface area contributed by atoms with Crippen LogP contribution in [0.3, 0.4) is 0 Å². The molecule has 4 rings (SSSR count). The molecule has 0 unspecified atom stereocenters. The van der Waals surface area contributed by atoms with Gasteiger partial charge in [-0.1, -0.05) is 0 Å². The predicted octanol–water partition coefficient (Wildman–Crippen LogP) is 0.338. The zero-order valence-corrected chi connectivity index (χ0v) is 15.7. The lowest BCUT2D eigenvalue weighted by molar-refractivity contribution is -0.134. The van der Waals surface area contributed by atoms with Crippen molar-refractivity contribution in [3.8, 4) is 11.8 Å². The number of aromatic nitrogens is 2. The van der Waals surface area contributed by atoms with E-state index in [0.717, 1.165) is 17.7 Å². The first-order chi connectivity index (χ1) is 13.6. The van der Waals surface area contributed by atoms with Crippen molar-refractivity contribution in [2.45, 2.75) is 13.0 Å². The zero-order chi connectivity index (χ0) is 19.5. The van der Waals surface area contributed by atoms with Crippen LogP contribution in [0, 0.1) is 0 Å². The Balaban J connectivity index is 1.79. The summed E-state index contributed by atoms with van der Waals surface area (Å²) in [6, 6.07) is 1.96. The Morgan fingerprint density at radius 2 is 1.86 bits per heavy atom. The average molecular weight is 402 g/mol. The highest BCUT2D eigenvalue weighted by atomic mass is 32.1. The number of carbonyl (C=O) groups excluding carboxylic acids is 2. The minimum absolute atomic E-state index is 0.151. The first-order valence-electron chi connectivity index (χ1n) is 8.85. The minimum atomic E-state index is -0.765. The fraction of sp³-hybridized carbons (Fsp3) is 0.333. The van der Waals surface area contributed by atoms with E-state index >= 15 is 0 Å². The number of esters is 2. The molecule has 0 bridgehead atoms. The number of anilines is 1. The Morgan fingerprint density at radius 3 is 2.57 bits per heavy atom. The van der Waals surface area contributed by atoms with E-state index in [1.807, 2.05) is 21.7 Å². The van der Waals surface area contributed by atoms with Crippen LogP contribution in [0.2, 0.25) is 0 Å². The van der Waals surface area contributed by atoms with Gasteiger partial charge in [0, 0.05) is 44.9 Å². The third kappa shape index (κ3) is 3.82. The van der Waals surface area contributed by atoms with E-state index in [1.54, 1.807) is 11.3 Å². The number of ether oxygens (including phenoxy) is 2. The molecule has 0 aromatic carbocycles. The topological polar surface area (TPSA) is 103 Å². The average Bonchev–Trinajstić information content (AvgIpc) is 3.21. The van der Waals surface area contributed by atoms with Gasteiger partial charge in [0.2, 0.25) is 0 Å². The van der Waals surface area contributed by atoms with Crippen molar-refractivity contribution in [3.63, 3.8) is 0 Å². The van der Waals surface area contributed by atoms with E-state index in [1.165, 1.54) is 4.57 Å². The van der Waals surface area contributed by atoms with Crippen LogP contribution in [0.4, 0.5) is 5.82 Å². The first-order valence-corrected chi connectivity index (χ1v) is 9.79. The molecule has 146 valence electrons. The summed E-state index contributed by atoms with van der Waals surface area (Å²) < 4.78 is 11.8. The smallest absolute Gasteiger partial charge is 0.337 e. The van der Waals surface area contributed by atoms with Crippen LogP contribution >= 0.6 is 11.3 Å². The van der Waals surface area contributed by atoms with Crippen LogP contribution in [-0.4, -0.2) is 47.7 Å². The van der Waals surface area contributed by atoms with E-state index in [9.17, 15) is 14.4 Å². The van der Waals surface area contributed by atoms with Gasteiger partial charge in [0.05, 0.1) is 0 Å². The number of carbonyl (C=O) groups is 2. The monoisotopic (exact) mass is 402 g/mol. The maximum Gasteiger partial charge on any atom is 0.337 e.